The Bertz CT molecular complexity index is 502. The van der Waals surface area contributed by atoms with E-state index in [4.69, 9.17) is 9.47 Å². The molecule has 178 valence electrons. The molecule has 2 aliphatic heterocycles. The smallest absolute Gasteiger partial charge is 0.0935 e. The van der Waals surface area contributed by atoms with E-state index in [1.165, 1.54) is 32.4 Å². The fourth-order valence-corrected chi connectivity index (χ4v) is 5.52. The summed E-state index contributed by atoms with van der Waals surface area (Å²) in [6.45, 7) is 14.2. The molecule has 3 atom stereocenters. The lowest BCUT2D eigenvalue weighted by molar-refractivity contribution is -0.115. The number of likely N-dealkylation sites (N-methyl/N-ethyl adjacent to an activating group) is 2. The van der Waals surface area contributed by atoms with Gasteiger partial charge in [0.15, 0.2) is 0 Å². The summed E-state index contributed by atoms with van der Waals surface area (Å²) in [6.07, 6.45) is 5.84. The van der Waals surface area contributed by atoms with E-state index < -0.39 is 0 Å². The van der Waals surface area contributed by atoms with Crippen LogP contribution < -0.4 is 0 Å². The molecule has 1 unspecified atom stereocenters. The molecule has 0 radical (unpaired) electrons. The van der Waals surface area contributed by atoms with E-state index >= 15 is 0 Å². The minimum absolute atomic E-state index is 0.0329. The molecule has 0 aromatic heterocycles. The molecular weight excluding hydrogens is 376 g/mol. The maximum atomic E-state index is 6.72. The van der Waals surface area contributed by atoms with Crippen LogP contribution in [-0.2, 0) is 9.47 Å². The predicted molar refractivity (Wildman–Crippen MR) is 126 cm³/mol. The van der Waals surface area contributed by atoms with Crippen LogP contribution in [0, 0.1) is 0 Å². The van der Waals surface area contributed by atoms with Gasteiger partial charge in [0.1, 0.15) is 0 Å². The van der Waals surface area contributed by atoms with Crippen molar-refractivity contribution in [1.29, 1.82) is 0 Å². The van der Waals surface area contributed by atoms with Gasteiger partial charge in [0.25, 0.3) is 0 Å². The van der Waals surface area contributed by atoms with Crippen molar-refractivity contribution in [2.75, 3.05) is 81.2 Å². The first kappa shape index (κ1) is 26.0. The van der Waals surface area contributed by atoms with Gasteiger partial charge in [-0.1, -0.05) is 0 Å². The van der Waals surface area contributed by atoms with E-state index in [1.807, 2.05) is 7.11 Å². The topological polar surface area (TPSA) is 31.4 Å². The lowest BCUT2D eigenvalue weighted by atomic mass is 9.90. The molecule has 2 saturated heterocycles. The van der Waals surface area contributed by atoms with Gasteiger partial charge in [0, 0.05) is 52.0 Å². The highest BCUT2D eigenvalue weighted by molar-refractivity contribution is 4.94. The molecule has 0 amide bonds. The number of nitrogens with zero attached hydrogens (tertiary/aromatic N) is 4. The van der Waals surface area contributed by atoms with E-state index in [2.05, 4.69) is 68.6 Å². The number of likely N-dealkylation sites (tertiary alicyclic amines) is 2. The van der Waals surface area contributed by atoms with E-state index in [9.17, 15) is 0 Å². The average molecular weight is 427 g/mol. The first-order valence-electron chi connectivity index (χ1n) is 12.1. The van der Waals surface area contributed by atoms with Gasteiger partial charge >= 0.3 is 0 Å². The second-order valence-electron chi connectivity index (χ2n) is 10.8. The Morgan fingerprint density at radius 1 is 0.833 bits per heavy atom. The van der Waals surface area contributed by atoms with E-state index in [1.54, 1.807) is 0 Å². The van der Waals surface area contributed by atoms with Crippen LogP contribution in [0.15, 0.2) is 0 Å². The summed E-state index contributed by atoms with van der Waals surface area (Å²) in [6, 6.07) is 1.10. The molecular formula is C24H50N4O2. The van der Waals surface area contributed by atoms with Crippen LogP contribution in [-0.4, -0.2) is 124 Å². The van der Waals surface area contributed by atoms with Crippen molar-refractivity contribution in [2.45, 2.75) is 76.2 Å². The van der Waals surface area contributed by atoms with Crippen LogP contribution in [0.1, 0.15) is 52.9 Å². The molecule has 6 nitrogen and oxygen atoms in total. The summed E-state index contributed by atoms with van der Waals surface area (Å²) >= 11 is 0. The Hall–Kier alpha value is -0.240. The molecule has 0 aromatic carbocycles. The second kappa shape index (κ2) is 11.6. The highest BCUT2D eigenvalue weighted by Gasteiger charge is 2.39. The molecule has 2 fully saturated rings. The second-order valence-corrected chi connectivity index (χ2v) is 10.8. The standard InChI is InChI=1S/C24H50N4O2/c1-21(2)27-14-10-13-24(20-27,18-26(6)7)30-16-11-22(3)28-15-9-12-23(19-28,29-8)17-25(4)5/h21-22H,9-20H2,1-8H3/t22?,23-,24+/m1/s1. The first-order chi connectivity index (χ1) is 14.1. The van der Waals surface area contributed by atoms with Gasteiger partial charge in [-0.3, -0.25) is 9.80 Å². The van der Waals surface area contributed by atoms with Crippen molar-refractivity contribution in [3.63, 3.8) is 0 Å². The molecule has 6 heteroatoms. The summed E-state index contributed by atoms with van der Waals surface area (Å²) in [5.41, 5.74) is -0.0704. The van der Waals surface area contributed by atoms with Crippen LogP contribution >= 0.6 is 0 Å². The van der Waals surface area contributed by atoms with Gasteiger partial charge in [-0.05, 0) is 94.2 Å². The van der Waals surface area contributed by atoms with Gasteiger partial charge in [-0.15, -0.1) is 0 Å². The Morgan fingerprint density at radius 3 is 1.93 bits per heavy atom. The van der Waals surface area contributed by atoms with Crippen LogP contribution in [0.4, 0.5) is 0 Å². The predicted octanol–water partition coefficient (Wildman–Crippen LogP) is 2.63. The fraction of sp³-hybridized carbons (Fsp3) is 1.00. The van der Waals surface area contributed by atoms with Gasteiger partial charge in [0.05, 0.1) is 11.2 Å². The maximum absolute atomic E-state index is 6.72. The maximum Gasteiger partial charge on any atom is 0.0935 e. The van der Waals surface area contributed by atoms with Crippen molar-refractivity contribution >= 4 is 0 Å². The SMILES string of the molecule is CO[C@@]1(CN(C)C)CCCN(C(C)CCO[C@]2(CN(C)C)CCCN(C(C)C)C2)C1. The van der Waals surface area contributed by atoms with Crippen molar-refractivity contribution < 1.29 is 9.47 Å². The molecule has 0 bridgehead atoms. The Kier molecular flexibility index (Phi) is 10.0. The lowest BCUT2D eigenvalue weighted by Gasteiger charge is -2.47. The van der Waals surface area contributed by atoms with Crippen molar-refractivity contribution in [3.05, 3.63) is 0 Å². The zero-order chi connectivity index (χ0) is 22.4. The van der Waals surface area contributed by atoms with Gasteiger partial charge in [-0.25, -0.2) is 0 Å². The van der Waals surface area contributed by atoms with Crippen LogP contribution in [0.3, 0.4) is 0 Å². The monoisotopic (exact) mass is 426 g/mol. The third-order valence-electron chi connectivity index (χ3n) is 7.08. The zero-order valence-corrected chi connectivity index (χ0v) is 21.2. The number of rotatable bonds is 11. The number of methoxy groups -OCH3 is 1. The fourth-order valence-electron chi connectivity index (χ4n) is 5.52. The van der Waals surface area contributed by atoms with Gasteiger partial charge in [-0.2, -0.15) is 0 Å². The largest absolute Gasteiger partial charge is 0.376 e. The summed E-state index contributed by atoms with van der Waals surface area (Å²) in [5.74, 6) is 0. The van der Waals surface area contributed by atoms with Crippen LogP contribution in [0.25, 0.3) is 0 Å². The molecule has 0 N–H and O–H groups in total. The van der Waals surface area contributed by atoms with E-state index in [0.29, 0.717) is 12.1 Å². The minimum Gasteiger partial charge on any atom is -0.376 e. The minimum atomic E-state index is -0.0376. The number of hydrogen-bond acceptors (Lipinski definition) is 6. The van der Waals surface area contributed by atoms with E-state index in [-0.39, 0.29) is 11.2 Å². The Balaban J connectivity index is 1.92. The molecule has 0 aliphatic carbocycles. The number of hydrogen-bond donors (Lipinski definition) is 0. The third-order valence-corrected chi connectivity index (χ3v) is 7.08. The summed E-state index contributed by atoms with van der Waals surface area (Å²) in [7, 11) is 10.5. The third kappa shape index (κ3) is 7.42. The Morgan fingerprint density at radius 2 is 1.37 bits per heavy atom. The summed E-state index contributed by atoms with van der Waals surface area (Å²) in [5, 5.41) is 0. The quantitative estimate of drug-likeness (QED) is 0.505. The lowest BCUT2D eigenvalue weighted by Crippen LogP contribution is -2.57. The van der Waals surface area contributed by atoms with Gasteiger partial charge in [0.2, 0.25) is 0 Å². The normalized spacial score (nSPS) is 30.5. The van der Waals surface area contributed by atoms with Crippen molar-refractivity contribution in [1.82, 2.24) is 19.6 Å². The van der Waals surface area contributed by atoms with Gasteiger partial charge < -0.3 is 19.3 Å². The molecule has 2 rings (SSSR count). The number of ether oxygens (including phenoxy) is 2. The highest BCUT2D eigenvalue weighted by atomic mass is 16.5. The summed E-state index contributed by atoms with van der Waals surface area (Å²) < 4.78 is 12.8. The molecule has 0 saturated carbocycles. The zero-order valence-electron chi connectivity index (χ0n) is 21.2. The van der Waals surface area contributed by atoms with Crippen LogP contribution in [0.5, 0.6) is 0 Å². The van der Waals surface area contributed by atoms with E-state index in [0.717, 1.165) is 45.6 Å². The highest BCUT2D eigenvalue weighted by Crippen LogP contribution is 2.29. The summed E-state index contributed by atoms with van der Waals surface area (Å²) in [4.78, 5) is 9.77. The molecule has 2 aliphatic rings. The van der Waals surface area contributed by atoms with Crippen LogP contribution in [0.2, 0.25) is 0 Å². The molecule has 0 spiro atoms. The number of piperidine rings is 2. The van der Waals surface area contributed by atoms with Crippen molar-refractivity contribution in [3.8, 4) is 0 Å². The Labute approximate surface area is 186 Å². The molecule has 0 aromatic rings. The average Bonchev–Trinajstić information content (AvgIpc) is 2.67. The first-order valence-corrected chi connectivity index (χ1v) is 12.1. The molecule has 2 heterocycles. The van der Waals surface area contributed by atoms with Crippen molar-refractivity contribution in [2.24, 2.45) is 0 Å². The molecule has 30 heavy (non-hydrogen) atoms.